The molecule has 1 amide bonds. The maximum Gasteiger partial charge on any atom is 0.416 e. The number of rotatable bonds is 4. The second-order valence-corrected chi connectivity index (χ2v) is 6.87. The Bertz CT molecular complexity index is 749. The number of benzene rings is 1. The molecule has 2 aromatic rings. The molecule has 2 N–H and O–H groups in total. The first kappa shape index (κ1) is 23.7. The van der Waals surface area contributed by atoms with Crippen molar-refractivity contribution in [2.75, 3.05) is 13.1 Å². The maximum absolute atomic E-state index is 12.8. The number of alkyl halides is 3. The van der Waals surface area contributed by atoms with Crippen LogP contribution in [0, 0.1) is 0 Å². The Labute approximate surface area is 171 Å². The predicted octanol–water partition coefficient (Wildman–Crippen LogP) is 4.08. The van der Waals surface area contributed by atoms with Gasteiger partial charge < -0.3 is 10.6 Å². The van der Waals surface area contributed by atoms with Crippen LogP contribution >= 0.6 is 36.2 Å². The van der Waals surface area contributed by atoms with Gasteiger partial charge in [-0.05, 0) is 31.5 Å². The maximum atomic E-state index is 12.8. The van der Waals surface area contributed by atoms with Gasteiger partial charge in [0.2, 0.25) is 5.91 Å². The van der Waals surface area contributed by atoms with Gasteiger partial charge in [-0.25, -0.2) is 4.98 Å². The zero-order chi connectivity index (χ0) is 17.9. The van der Waals surface area contributed by atoms with E-state index in [0.29, 0.717) is 16.3 Å². The molecule has 4 nitrogen and oxygen atoms in total. The molecule has 10 heteroatoms. The van der Waals surface area contributed by atoms with Crippen LogP contribution in [0.3, 0.4) is 0 Å². The first-order valence-electron chi connectivity index (χ1n) is 8.04. The Morgan fingerprint density at radius 3 is 2.78 bits per heavy atom. The average molecular weight is 442 g/mol. The van der Waals surface area contributed by atoms with E-state index in [1.54, 1.807) is 11.4 Å². The Hall–Kier alpha value is -1.35. The number of hydrogen-bond acceptors (Lipinski definition) is 4. The minimum atomic E-state index is -4.38. The lowest BCUT2D eigenvalue weighted by atomic mass is 10.1. The van der Waals surface area contributed by atoms with Crippen LogP contribution in [-0.2, 0) is 17.4 Å². The smallest absolute Gasteiger partial charge is 0.352 e. The van der Waals surface area contributed by atoms with E-state index in [-0.39, 0.29) is 43.2 Å². The third kappa shape index (κ3) is 6.64. The number of piperidine rings is 1. The summed E-state index contributed by atoms with van der Waals surface area (Å²) in [6, 6.07) is 5.19. The highest BCUT2D eigenvalue weighted by atomic mass is 35.5. The number of carbonyl (C=O) groups is 1. The molecule has 0 radical (unpaired) electrons. The lowest BCUT2D eigenvalue weighted by molar-refractivity contribution is -0.137. The van der Waals surface area contributed by atoms with Gasteiger partial charge in [-0.15, -0.1) is 36.2 Å². The van der Waals surface area contributed by atoms with Crippen molar-refractivity contribution in [3.8, 4) is 10.6 Å². The number of hydrogen-bond donors (Lipinski definition) is 2. The first-order chi connectivity index (χ1) is 11.9. The van der Waals surface area contributed by atoms with Crippen molar-refractivity contribution in [1.82, 2.24) is 15.6 Å². The number of carbonyl (C=O) groups excluding carboxylic acids is 1. The molecule has 1 aromatic carbocycles. The Balaban J connectivity index is 0.00000182. The van der Waals surface area contributed by atoms with Crippen molar-refractivity contribution >= 4 is 42.1 Å². The van der Waals surface area contributed by atoms with E-state index in [9.17, 15) is 18.0 Å². The summed E-state index contributed by atoms with van der Waals surface area (Å²) in [5.74, 6) is -0.116. The van der Waals surface area contributed by atoms with Gasteiger partial charge in [-0.1, -0.05) is 12.1 Å². The van der Waals surface area contributed by atoms with Crippen molar-refractivity contribution in [2.24, 2.45) is 0 Å². The molecule has 1 aromatic heterocycles. The van der Waals surface area contributed by atoms with Gasteiger partial charge >= 0.3 is 6.18 Å². The second kappa shape index (κ2) is 10.3. The van der Waals surface area contributed by atoms with Crippen molar-refractivity contribution < 1.29 is 18.0 Å². The van der Waals surface area contributed by atoms with E-state index >= 15 is 0 Å². The van der Waals surface area contributed by atoms with Crippen LogP contribution in [0.2, 0.25) is 0 Å². The number of aromatic nitrogens is 1. The Morgan fingerprint density at radius 1 is 1.33 bits per heavy atom. The van der Waals surface area contributed by atoms with Crippen LogP contribution in [0.1, 0.15) is 24.1 Å². The van der Waals surface area contributed by atoms with E-state index in [1.807, 2.05) is 0 Å². The molecule has 0 aliphatic carbocycles. The van der Waals surface area contributed by atoms with Crippen molar-refractivity contribution in [3.63, 3.8) is 0 Å². The largest absolute Gasteiger partial charge is 0.416 e. The average Bonchev–Trinajstić information content (AvgIpc) is 3.03. The van der Waals surface area contributed by atoms with Crippen LogP contribution in [0.25, 0.3) is 10.6 Å². The summed E-state index contributed by atoms with van der Waals surface area (Å²) < 4.78 is 38.4. The number of halogens is 5. The van der Waals surface area contributed by atoms with Crippen LogP contribution in [-0.4, -0.2) is 30.0 Å². The van der Waals surface area contributed by atoms with E-state index in [1.165, 1.54) is 17.4 Å². The molecule has 1 atom stereocenters. The molecule has 1 saturated heterocycles. The fraction of sp³-hybridized carbons (Fsp3) is 0.412. The van der Waals surface area contributed by atoms with Crippen LogP contribution < -0.4 is 10.6 Å². The molecule has 1 fully saturated rings. The monoisotopic (exact) mass is 441 g/mol. The highest BCUT2D eigenvalue weighted by Crippen LogP contribution is 2.33. The fourth-order valence-corrected chi connectivity index (χ4v) is 3.58. The van der Waals surface area contributed by atoms with Crippen LogP contribution in [0.4, 0.5) is 13.2 Å². The number of thiazole rings is 1. The number of nitrogens with zero attached hydrogens (tertiary/aromatic N) is 1. The van der Waals surface area contributed by atoms with Gasteiger partial charge in [0.25, 0.3) is 0 Å². The lowest BCUT2D eigenvalue weighted by Gasteiger charge is -2.23. The zero-order valence-corrected chi connectivity index (χ0v) is 16.7. The second-order valence-electron chi connectivity index (χ2n) is 6.01. The minimum Gasteiger partial charge on any atom is -0.352 e. The molecule has 1 unspecified atom stereocenters. The third-order valence-electron chi connectivity index (χ3n) is 3.99. The van der Waals surface area contributed by atoms with Gasteiger partial charge in [-0.2, -0.15) is 13.2 Å². The SMILES string of the molecule is Cl.Cl.O=C(Cc1csc(-c2cccc(C(F)(F)F)c2)n1)NC1CCCNC1. The fourth-order valence-electron chi connectivity index (χ4n) is 2.77. The Kier molecular flexibility index (Phi) is 9.01. The molecule has 1 aliphatic heterocycles. The van der Waals surface area contributed by atoms with Crippen molar-refractivity contribution in [3.05, 3.63) is 40.9 Å². The molecule has 150 valence electrons. The van der Waals surface area contributed by atoms with Gasteiger partial charge in [0.15, 0.2) is 0 Å². The van der Waals surface area contributed by atoms with Gasteiger partial charge in [0.05, 0.1) is 17.7 Å². The van der Waals surface area contributed by atoms with E-state index < -0.39 is 11.7 Å². The summed E-state index contributed by atoms with van der Waals surface area (Å²) in [6.45, 7) is 1.73. The van der Waals surface area contributed by atoms with Crippen LogP contribution in [0.5, 0.6) is 0 Å². The summed E-state index contributed by atoms with van der Waals surface area (Å²) >= 11 is 1.24. The molecule has 1 aliphatic rings. The highest BCUT2D eigenvalue weighted by Gasteiger charge is 2.30. The molecule has 0 saturated carbocycles. The standard InChI is InChI=1S/C17H18F3N3OS.2ClH/c18-17(19,20)12-4-1-3-11(7-12)16-23-14(10-25-16)8-15(24)22-13-5-2-6-21-9-13;;/h1,3-4,7,10,13,21H,2,5-6,8-9H2,(H,22,24);2*1H. The molecule has 0 spiro atoms. The van der Waals surface area contributed by atoms with E-state index in [4.69, 9.17) is 0 Å². The Morgan fingerprint density at radius 2 is 2.11 bits per heavy atom. The van der Waals surface area contributed by atoms with Crippen molar-refractivity contribution in [2.45, 2.75) is 31.5 Å². The lowest BCUT2D eigenvalue weighted by Crippen LogP contribution is -2.46. The summed E-state index contributed by atoms with van der Waals surface area (Å²) in [5.41, 5.74) is 0.269. The summed E-state index contributed by atoms with van der Waals surface area (Å²) in [4.78, 5) is 16.4. The normalized spacial score (nSPS) is 16.8. The quantitative estimate of drug-likeness (QED) is 0.751. The molecule has 3 rings (SSSR count). The summed E-state index contributed by atoms with van der Waals surface area (Å²) in [5, 5.41) is 8.38. The summed E-state index contributed by atoms with van der Waals surface area (Å²) in [7, 11) is 0. The third-order valence-corrected chi connectivity index (χ3v) is 4.93. The van der Waals surface area contributed by atoms with Gasteiger partial charge in [-0.3, -0.25) is 4.79 Å². The van der Waals surface area contributed by atoms with E-state index in [0.717, 1.165) is 38.1 Å². The molecule has 0 bridgehead atoms. The zero-order valence-electron chi connectivity index (χ0n) is 14.2. The summed E-state index contributed by atoms with van der Waals surface area (Å²) in [6.07, 6.45) is -2.28. The number of amides is 1. The highest BCUT2D eigenvalue weighted by molar-refractivity contribution is 7.13. The van der Waals surface area contributed by atoms with Gasteiger partial charge in [0.1, 0.15) is 5.01 Å². The predicted molar refractivity (Wildman–Crippen MR) is 105 cm³/mol. The van der Waals surface area contributed by atoms with E-state index in [2.05, 4.69) is 15.6 Å². The first-order valence-corrected chi connectivity index (χ1v) is 8.92. The molecular formula is C17H20Cl2F3N3OS. The minimum absolute atomic E-state index is 0. The molecule has 2 heterocycles. The van der Waals surface area contributed by atoms with Crippen LogP contribution in [0.15, 0.2) is 29.6 Å². The topological polar surface area (TPSA) is 54.0 Å². The number of nitrogens with one attached hydrogen (secondary N) is 2. The van der Waals surface area contributed by atoms with Crippen molar-refractivity contribution in [1.29, 1.82) is 0 Å². The van der Waals surface area contributed by atoms with Gasteiger partial charge in [0, 0.05) is 23.5 Å². The molecule has 27 heavy (non-hydrogen) atoms. The molecular weight excluding hydrogens is 422 g/mol.